The van der Waals surface area contributed by atoms with Gasteiger partial charge >= 0.3 is 0 Å². The van der Waals surface area contributed by atoms with E-state index < -0.39 is 0 Å². The summed E-state index contributed by atoms with van der Waals surface area (Å²) in [5.74, 6) is 0. The molecule has 3 heteroatoms. The van der Waals surface area contributed by atoms with Gasteiger partial charge in [0.25, 0.3) is 0 Å². The number of benzene rings is 2. The van der Waals surface area contributed by atoms with Crippen molar-refractivity contribution in [2.24, 2.45) is 0 Å². The van der Waals surface area contributed by atoms with E-state index in [0.717, 1.165) is 22.6 Å². The molecule has 0 saturated carbocycles. The highest BCUT2D eigenvalue weighted by Gasteiger charge is 2.22. The van der Waals surface area contributed by atoms with Crippen LogP contribution < -0.4 is 5.32 Å². The van der Waals surface area contributed by atoms with Gasteiger partial charge in [0.1, 0.15) is 0 Å². The van der Waals surface area contributed by atoms with Crippen LogP contribution in [0.4, 0.5) is 5.69 Å². The number of anilines is 1. The van der Waals surface area contributed by atoms with Gasteiger partial charge in [0.05, 0.1) is 11.7 Å². The molecule has 0 aliphatic rings. The average Bonchev–Trinajstić information content (AvgIpc) is 2.97. The van der Waals surface area contributed by atoms with Crippen molar-refractivity contribution in [2.75, 3.05) is 5.32 Å². The van der Waals surface area contributed by atoms with E-state index in [1.165, 1.54) is 16.5 Å². The maximum Gasteiger partial charge on any atom is 0.0963 e. The van der Waals surface area contributed by atoms with Crippen LogP contribution in [-0.4, -0.2) is 9.97 Å². The van der Waals surface area contributed by atoms with E-state index in [9.17, 15) is 0 Å². The van der Waals surface area contributed by atoms with Gasteiger partial charge in [-0.3, -0.25) is 4.98 Å². The van der Waals surface area contributed by atoms with Crippen molar-refractivity contribution in [3.8, 4) is 0 Å². The zero-order chi connectivity index (χ0) is 17.2. The molecule has 124 valence electrons. The molecule has 4 rings (SSSR count). The van der Waals surface area contributed by atoms with Crippen molar-refractivity contribution < 1.29 is 0 Å². The highest BCUT2D eigenvalue weighted by molar-refractivity contribution is 5.86. The minimum atomic E-state index is -0.0153. The molecule has 0 fully saturated rings. The summed E-state index contributed by atoms with van der Waals surface area (Å²) in [4.78, 5) is 8.14. The summed E-state index contributed by atoms with van der Waals surface area (Å²) in [5, 5.41) is 4.95. The van der Waals surface area contributed by atoms with Gasteiger partial charge in [0.15, 0.2) is 0 Å². The molecule has 2 N–H and O–H groups in total. The first-order valence-electron chi connectivity index (χ1n) is 8.54. The molecule has 2 aromatic heterocycles. The first kappa shape index (κ1) is 15.5. The predicted octanol–water partition coefficient (Wildman–Crippen LogP) is 5.38. The van der Waals surface area contributed by atoms with Crippen LogP contribution in [0, 0.1) is 13.8 Å². The highest BCUT2D eigenvalue weighted by Crippen LogP contribution is 2.34. The van der Waals surface area contributed by atoms with E-state index in [2.05, 4.69) is 83.7 Å². The van der Waals surface area contributed by atoms with E-state index in [0.29, 0.717) is 0 Å². The van der Waals surface area contributed by atoms with Gasteiger partial charge < -0.3 is 10.3 Å². The molecule has 3 nitrogen and oxygen atoms in total. The number of nitrogens with zero attached hydrogens (tertiary/aromatic N) is 1. The second-order valence-corrected chi connectivity index (χ2v) is 6.36. The molecule has 0 saturated heterocycles. The molecule has 0 amide bonds. The minimum absolute atomic E-state index is 0.0153. The molecule has 0 aliphatic heterocycles. The highest BCUT2D eigenvalue weighted by atomic mass is 15.0. The second kappa shape index (κ2) is 6.44. The van der Waals surface area contributed by atoms with E-state index >= 15 is 0 Å². The third-order valence-corrected chi connectivity index (χ3v) is 4.66. The second-order valence-electron chi connectivity index (χ2n) is 6.36. The number of para-hydroxylation sites is 2. The van der Waals surface area contributed by atoms with E-state index in [-0.39, 0.29) is 6.04 Å². The Bertz CT molecular complexity index is 1000. The van der Waals surface area contributed by atoms with Gasteiger partial charge in [-0.05, 0) is 43.7 Å². The Morgan fingerprint density at radius 2 is 1.64 bits per heavy atom. The quantitative estimate of drug-likeness (QED) is 0.528. The predicted molar refractivity (Wildman–Crippen MR) is 104 cm³/mol. The Morgan fingerprint density at radius 3 is 2.44 bits per heavy atom. The van der Waals surface area contributed by atoms with Crippen LogP contribution in [0.2, 0.25) is 0 Å². The third kappa shape index (κ3) is 2.89. The van der Waals surface area contributed by atoms with Crippen molar-refractivity contribution in [1.29, 1.82) is 0 Å². The summed E-state index contributed by atoms with van der Waals surface area (Å²) < 4.78 is 0. The lowest BCUT2D eigenvalue weighted by Gasteiger charge is -2.21. The van der Waals surface area contributed by atoms with Crippen molar-refractivity contribution >= 4 is 16.6 Å². The summed E-state index contributed by atoms with van der Waals surface area (Å²) in [6.07, 6.45) is 1.85. The van der Waals surface area contributed by atoms with Gasteiger partial charge in [0.2, 0.25) is 0 Å². The Kier molecular flexibility index (Phi) is 3.98. The first-order valence-corrected chi connectivity index (χ1v) is 8.54. The van der Waals surface area contributed by atoms with E-state index in [1.54, 1.807) is 0 Å². The molecule has 1 atom stereocenters. The summed E-state index contributed by atoms with van der Waals surface area (Å²) in [7, 11) is 0. The average molecular weight is 327 g/mol. The number of hydrogen-bond donors (Lipinski definition) is 2. The zero-order valence-electron chi connectivity index (χ0n) is 14.5. The lowest BCUT2D eigenvalue weighted by atomic mass is 9.98. The van der Waals surface area contributed by atoms with Crippen molar-refractivity contribution in [3.05, 3.63) is 95.4 Å². The van der Waals surface area contributed by atoms with Crippen LogP contribution in [0.1, 0.15) is 28.6 Å². The smallest absolute Gasteiger partial charge is 0.0963 e. The lowest BCUT2D eigenvalue weighted by molar-refractivity contribution is 0.882. The molecular weight excluding hydrogens is 306 g/mol. The van der Waals surface area contributed by atoms with Crippen LogP contribution in [0.15, 0.2) is 72.9 Å². The number of fused-ring (bicyclic) bond motifs is 1. The van der Waals surface area contributed by atoms with Crippen molar-refractivity contribution in [3.63, 3.8) is 0 Å². The number of hydrogen-bond acceptors (Lipinski definition) is 2. The number of pyridine rings is 1. The van der Waals surface area contributed by atoms with Gasteiger partial charge in [0, 0.05) is 34.0 Å². The Labute approximate surface area is 147 Å². The van der Waals surface area contributed by atoms with E-state index in [4.69, 9.17) is 0 Å². The van der Waals surface area contributed by atoms with Gasteiger partial charge in [-0.1, -0.05) is 42.5 Å². The number of aryl methyl sites for hydroxylation is 2. The minimum Gasteiger partial charge on any atom is -0.372 e. The fourth-order valence-corrected chi connectivity index (χ4v) is 3.40. The number of aromatic amines is 1. The van der Waals surface area contributed by atoms with Crippen molar-refractivity contribution in [1.82, 2.24) is 9.97 Å². The van der Waals surface area contributed by atoms with E-state index in [1.807, 2.05) is 18.3 Å². The number of H-pyrrole nitrogens is 1. The summed E-state index contributed by atoms with van der Waals surface area (Å²) in [5.41, 5.74) is 6.93. The monoisotopic (exact) mass is 327 g/mol. The van der Waals surface area contributed by atoms with Crippen LogP contribution in [0.25, 0.3) is 10.9 Å². The third-order valence-electron chi connectivity index (χ3n) is 4.66. The van der Waals surface area contributed by atoms with Crippen LogP contribution in [-0.2, 0) is 0 Å². The molecule has 0 radical (unpaired) electrons. The summed E-state index contributed by atoms with van der Waals surface area (Å²) >= 11 is 0. The zero-order valence-corrected chi connectivity index (χ0v) is 14.5. The fraction of sp³-hybridized carbons (Fsp3) is 0.136. The SMILES string of the molecule is Cc1ccccc1NC(c1ccccn1)c1c(C)[nH]c2ccccc12. The maximum absolute atomic E-state index is 4.63. The molecule has 2 heterocycles. The molecule has 2 aromatic carbocycles. The van der Waals surface area contributed by atoms with Gasteiger partial charge in [-0.2, -0.15) is 0 Å². The number of rotatable bonds is 4. The lowest BCUT2D eigenvalue weighted by Crippen LogP contribution is -2.15. The molecule has 25 heavy (non-hydrogen) atoms. The first-order chi connectivity index (χ1) is 12.2. The van der Waals surface area contributed by atoms with Crippen LogP contribution in [0.5, 0.6) is 0 Å². The molecule has 4 aromatic rings. The van der Waals surface area contributed by atoms with Crippen molar-refractivity contribution in [2.45, 2.75) is 19.9 Å². The molecule has 0 aliphatic carbocycles. The fourth-order valence-electron chi connectivity index (χ4n) is 3.40. The molecule has 1 unspecified atom stereocenters. The van der Waals surface area contributed by atoms with Crippen LogP contribution >= 0.6 is 0 Å². The molecular formula is C22H21N3. The van der Waals surface area contributed by atoms with Gasteiger partial charge in [-0.15, -0.1) is 0 Å². The Hall–Kier alpha value is -3.07. The Morgan fingerprint density at radius 1 is 0.880 bits per heavy atom. The summed E-state index contributed by atoms with van der Waals surface area (Å²) in [6.45, 7) is 4.25. The van der Waals surface area contributed by atoms with Crippen LogP contribution in [0.3, 0.4) is 0 Å². The van der Waals surface area contributed by atoms with Gasteiger partial charge in [-0.25, -0.2) is 0 Å². The topological polar surface area (TPSA) is 40.7 Å². The molecule has 0 bridgehead atoms. The summed E-state index contributed by atoms with van der Waals surface area (Å²) in [6, 6.07) is 22.9. The number of nitrogens with one attached hydrogen (secondary N) is 2. The normalized spacial score (nSPS) is 12.2. The standard InChI is InChI=1S/C22H21N3/c1-15-9-3-5-11-18(15)25-22(20-13-7-8-14-23-20)21-16(2)24-19-12-6-4-10-17(19)21/h3-14,22,24-25H,1-2H3. The molecule has 0 spiro atoms. The Balaban J connectivity index is 1.88. The largest absolute Gasteiger partial charge is 0.372 e. The number of aromatic nitrogens is 2. The maximum atomic E-state index is 4.63.